The van der Waals surface area contributed by atoms with E-state index >= 15 is 0 Å². The molecule has 16 heavy (non-hydrogen) atoms. The van der Waals surface area contributed by atoms with Gasteiger partial charge in [0.25, 0.3) is 0 Å². The Labute approximate surface area is 104 Å². The van der Waals surface area contributed by atoms with Gasteiger partial charge in [0, 0.05) is 0 Å². The highest BCUT2D eigenvalue weighted by Gasteiger charge is 2.02. The van der Waals surface area contributed by atoms with Crippen LogP contribution >= 0.6 is 15.9 Å². The molecule has 1 N–H and O–H groups in total. The fourth-order valence-electron chi connectivity index (χ4n) is 1.86. The van der Waals surface area contributed by atoms with Crippen LogP contribution in [0.3, 0.4) is 0 Å². The number of phenols is 1. The summed E-state index contributed by atoms with van der Waals surface area (Å²) < 4.78 is 1.11. The molecule has 2 heteroatoms. The van der Waals surface area contributed by atoms with Gasteiger partial charge in [-0.25, -0.2) is 0 Å². The molecule has 2 aromatic rings. The summed E-state index contributed by atoms with van der Waals surface area (Å²) in [5.41, 5.74) is 2.43. The van der Waals surface area contributed by atoms with Gasteiger partial charge < -0.3 is 5.11 Å². The lowest BCUT2D eigenvalue weighted by atomic mass is 9.99. The van der Waals surface area contributed by atoms with Gasteiger partial charge in [0.1, 0.15) is 5.75 Å². The van der Waals surface area contributed by atoms with Gasteiger partial charge in [0.05, 0.1) is 0 Å². The van der Waals surface area contributed by atoms with Crippen molar-refractivity contribution in [1.82, 2.24) is 0 Å². The zero-order valence-corrected chi connectivity index (χ0v) is 10.9. The van der Waals surface area contributed by atoms with E-state index in [1.165, 1.54) is 16.5 Å². The SMILES string of the molecule is CC(Br)=Cc1ccc2cc(O)ccc2c1C. The van der Waals surface area contributed by atoms with Gasteiger partial charge >= 0.3 is 0 Å². The van der Waals surface area contributed by atoms with Crippen molar-refractivity contribution >= 4 is 32.8 Å². The van der Waals surface area contributed by atoms with Crippen molar-refractivity contribution in [3.63, 3.8) is 0 Å². The Morgan fingerprint density at radius 3 is 2.69 bits per heavy atom. The summed E-state index contributed by atoms with van der Waals surface area (Å²) in [6.45, 7) is 4.11. The molecule has 0 spiro atoms. The molecule has 0 bridgehead atoms. The van der Waals surface area contributed by atoms with Crippen molar-refractivity contribution in [3.05, 3.63) is 45.9 Å². The van der Waals surface area contributed by atoms with Crippen molar-refractivity contribution in [2.75, 3.05) is 0 Å². The predicted octanol–water partition coefficient (Wildman–Crippen LogP) is 4.61. The fourth-order valence-corrected chi connectivity index (χ4v) is 2.11. The Morgan fingerprint density at radius 2 is 2.00 bits per heavy atom. The van der Waals surface area contributed by atoms with Gasteiger partial charge in [0.2, 0.25) is 0 Å². The molecule has 0 saturated heterocycles. The minimum absolute atomic E-state index is 0.312. The zero-order chi connectivity index (χ0) is 11.7. The number of hydrogen-bond acceptors (Lipinski definition) is 1. The van der Waals surface area contributed by atoms with Crippen LogP contribution in [0.5, 0.6) is 5.75 Å². The topological polar surface area (TPSA) is 20.2 Å². The van der Waals surface area contributed by atoms with Crippen molar-refractivity contribution in [2.45, 2.75) is 13.8 Å². The minimum atomic E-state index is 0.312. The van der Waals surface area contributed by atoms with Crippen molar-refractivity contribution in [2.24, 2.45) is 0 Å². The van der Waals surface area contributed by atoms with E-state index in [1.807, 2.05) is 19.1 Å². The Hall–Kier alpha value is -1.28. The lowest BCUT2D eigenvalue weighted by molar-refractivity contribution is 0.476. The highest BCUT2D eigenvalue weighted by Crippen LogP contribution is 2.27. The second-order valence-corrected chi connectivity index (χ2v) is 5.17. The number of hydrogen-bond donors (Lipinski definition) is 1. The third-order valence-corrected chi connectivity index (χ3v) is 2.90. The van der Waals surface area contributed by atoms with Gasteiger partial charge in [-0.3, -0.25) is 0 Å². The van der Waals surface area contributed by atoms with Gasteiger partial charge in [-0.05, 0) is 58.4 Å². The highest BCUT2D eigenvalue weighted by molar-refractivity contribution is 9.11. The van der Waals surface area contributed by atoms with E-state index in [0.29, 0.717) is 5.75 Å². The first-order chi connectivity index (χ1) is 7.58. The maximum atomic E-state index is 9.42. The zero-order valence-electron chi connectivity index (χ0n) is 9.29. The summed E-state index contributed by atoms with van der Waals surface area (Å²) in [6.07, 6.45) is 2.10. The molecule has 82 valence electrons. The van der Waals surface area contributed by atoms with Crippen molar-refractivity contribution < 1.29 is 5.11 Å². The molecule has 0 aromatic heterocycles. The van der Waals surface area contributed by atoms with Crippen LogP contribution in [-0.4, -0.2) is 5.11 Å². The number of aromatic hydroxyl groups is 1. The van der Waals surface area contributed by atoms with E-state index in [9.17, 15) is 5.11 Å². The lowest BCUT2D eigenvalue weighted by Crippen LogP contribution is -1.84. The van der Waals surface area contributed by atoms with Crippen LogP contribution in [0, 0.1) is 6.92 Å². The fraction of sp³-hybridized carbons (Fsp3) is 0.143. The molecule has 0 aliphatic carbocycles. The van der Waals surface area contributed by atoms with Crippen LogP contribution in [0.4, 0.5) is 0 Å². The summed E-state index contributed by atoms with van der Waals surface area (Å²) in [7, 11) is 0. The summed E-state index contributed by atoms with van der Waals surface area (Å²) in [5, 5.41) is 11.7. The lowest BCUT2D eigenvalue weighted by Gasteiger charge is -2.06. The quantitative estimate of drug-likeness (QED) is 0.807. The average Bonchev–Trinajstić information content (AvgIpc) is 2.22. The Morgan fingerprint density at radius 1 is 1.25 bits per heavy atom. The largest absolute Gasteiger partial charge is 0.508 e. The molecule has 0 aliphatic rings. The Balaban J connectivity index is 2.70. The normalized spacial score (nSPS) is 12.1. The summed E-state index contributed by atoms with van der Waals surface area (Å²) in [6, 6.07) is 9.58. The standard InChI is InChI=1S/C14H13BrO/c1-9(15)7-11-3-4-12-8-13(16)5-6-14(12)10(11)2/h3-8,16H,1-2H3. The highest BCUT2D eigenvalue weighted by atomic mass is 79.9. The number of aryl methyl sites for hydroxylation is 1. The molecule has 2 aromatic carbocycles. The molecule has 0 atom stereocenters. The molecule has 0 heterocycles. The van der Waals surface area contributed by atoms with Crippen LogP contribution in [0.1, 0.15) is 18.1 Å². The van der Waals surface area contributed by atoms with Crippen LogP contribution in [0.25, 0.3) is 16.8 Å². The second-order valence-electron chi connectivity index (χ2n) is 3.92. The Bertz CT molecular complexity index is 566. The summed E-state index contributed by atoms with van der Waals surface area (Å²) >= 11 is 3.44. The first-order valence-electron chi connectivity index (χ1n) is 5.14. The maximum Gasteiger partial charge on any atom is 0.116 e. The molecule has 0 saturated carbocycles. The molecule has 0 amide bonds. The first-order valence-corrected chi connectivity index (χ1v) is 5.93. The van der Waals surface area contributed by atoms with E-state index in [4.69, 9.17) is 0 Å². The van der Waals surface area contributed by atoms with Crippen LogP contribution in [0.15, 0.2) is 34.8 Å². The molecule has 0 unspecified atom stereocenters. The van der Waals surface area contributed by atoms with Crippen LogP contribution in [0.2, 0.25) is 0 Å². The van der Waals surface area contributed by atoms with Crippen LogP contribution < -0.4 is 0 Å². The maximum absolute atomic E-state index is 9.42. The number of halogens is 1. The summed E-state index contributed by atoms with van der Waals surface area (Å²) in [4.78, 5) is 0. The molecule has 2 rings (SSSR count). The average molecular weight is 277 g/mol. The van der Waals surface area contributed by atoms with Crippen molar-refractivity contribution in [3.8, 4) is 5.75 Å². The monoisotopic (exact) mass is 276 g/mol. The smallest absolute Gasteiger partial charge is 0.116 e. The van der Waals surface area contributed by atoms with Crippen molar-refractivity contribution in [1.29, 1.82) is 0 Å². The summed E-state index contributed by atoms with van der Waals surface area (Å²) in [5.74, 6) is 0.312. The molecular formula is C14H13BrO. The number of phenolic OH excluding ortho intramolecular Hbond substituents is 1. The molecule has 0 radical (unpaired) electrons. The number of benzene rings is 2. The van der Waals surface area contributed by atoms with Gasteiger partial charge in [0.15, 0.2) is 0 Å². The third-order valence-electron chi connectivity index (χ3n) is 2.67. The molecular weight excluding hydrogens is 264 g/mol. The molecule has 0 fully saturated rings. The molecule has 0 aliphatic heterocycles. The first kappa shape index (κ1) is 11.2. The predicted molar refractivity (Wildman–Crippen MR) is 72.9 cm³/mol. The third kappa shape index (κ3) is 2.12. The Kier molecular flexibility index (Phi) is 3.01. The molecule has 1 nitrogen and oxygen atoms in total. The van der Waals surface area contributed by atoms with E-state index in [0.717, 1.165) is 9.87 Å². The van der Waals surface area contributed by atoms with E-state index in [2.05, 4.69) is 35.0 Å². The van der Waals surface area contributed by atoms with Gasteiger partial charge in [-0.1, -0.05) is 34.1 Å². The van der Waals surface area contributed by atoms with Gasteiger partial charge in [-0.2, -0.15) is 0 Å². The van der Waals surface area contributed by atoms with E-state index in [1.54, 1.807) is 12.1 Å². The minimum Gasteiger partial charge on any atom is -0.508 e. The number of allylic oxidation sites excluding steroid dienone is 1. The number of fused-ring (bicyclic) bond motifs is 1. The van der Waals surface area contributed by atoms with Gasteiger partial charge in [-0.15, -0.1) is 0 Å². The second kappa shape index (κ2) is 4.30. The number of rotatable bonds is 1. The van der Waals surface area contributed by atoms with E-state index in [-0.39, 0.29) is 0 Å². The van der Waals surface area contributed by atoms with E-state index < -0.39 is 0 Å². The van der Waals surface area contributed by atoms with Crippen LogP contribution in [-0.2, 0) is 0 Å².